The molecule has 0 radical (unpaired) electrons. The second-order valence-corrected chi connectivity index (χ2v) is 5.99. The second-order valence-electron chi connectivity index (χ2n) is 5.08. The molecule has 2 atom stereocenters. The largest absolute Gasteiger partial charge is 0.380 e. The van der Waals surface area contributed by atoms with Gasteiger partial charge in [0.25, 0.3) is 0 Å². The zero-order valence-corrected chi connectivity index (χ0v) is 11.8. The maximum Gasteiger partial charge on any atom is 0.146 e. The van der Waals surface area contributed by atoms with Gasteiger partial charge in [-0.25, -0.2) is 4.39 Å². The number of hydrogen-bond donors (Lipinski definition) is 1. The van der Waals surface area contributed by atoms with Gasteiger partial charge in [-0.3, -0.25) is 0 Å². The topological polar surface area (TPSA) is 12.0 Å². The first-order chi connectivity index (χ1) is 8.15. The Morgan fingerprint density at radius 1 is 1.24 bits per heavy atom. The number of nitrogens with one attached hydrogen (secondary N) is 1. The van der Waals surface area contributed by atoms with Crippen molar-refractivity contribution in [1.82, 2.24) is 0 Å². The van der Waals surface area contributed by atoms with Crippen LogP contribution in [-0.2, 0) is 0 Å². The second kappa shape index (κ2) is 5.85. The molecule has 1 aliphatic rings. The summed E-state index contributed by atoms with van der Waals surface area (Å²) < 4.78 is 14.5. The van der Waals surface area contributed by atoms with Crippen LogP contribution in [0.1, 0.15) is 39.0 Å². The minimum absolute atomic E-state index is 0.162. The van der Waals surface area contributed by atoms with Crippen LogP contribution in [0.5, 0.6) is 0 Å². The molecule has 0 saturated heterocycles. The van der Waals surface area contributed by atoms with Crippen molar-refractivity contribution in [3.05, 3.63) is 28.5 Å². The predicted octanol–water partition coefficient (Wildman–Crippen LogP) is 4.97. The molecular formula is C14H19BrFN. The lowest BCUT2D eigenvalue weighted by atomic mass is 10.0. The maximum atomic E-state index is 13.6. The van der Waals surface area contributed by atoms with Crippen molar-refractivity contribution < 1.29 is 4.39 Å². The Hall–Kier alpha value is -0.570. The fourth-order valence-electron chi connectivity index (χ4n) is 2.46. The lowest BCUT2D eigenvalue weighted by Crippen LogP contribution is -2.19. The highest BCUT2D eigenvalue weighted by molar-refractivity contribution is 9.10. The van der Waals surface area contributed by atoms with Gasteiger partial charge in [-0.2, -0.15) is 0 Å². The van der Waals surface area contributed by atoms with Gasteiger partial charge in [0.1, 0.15) is 5.82 Å². The van der Waals surface area contributed by atoms with Gasteiger partial charge in [0.15, 0.2) is 0 Å². The summed E-state index contributed by atoms with van der Waals surface area (Å²) in [6.45, 7) is 2.31. The summed E-state index contributed by atoms with van der Waals surface area (Å²) in [6, 6.07) is 5.48. The van der Waals surface area contributed by atoms with Crippen molar-refractivity contribution in [1.29, 1.82) is 0 Å². The van der Waals surface area contributed by atoms with E-state index in [2.05, 4.69) is 28.2 Å². The van der Waals surface area contributed by atoms with Crippen LogP contribution in [0.2, 0.25) is 0 Å². The summed E-state index contributed by atoms with van der Waals surface area (Å²) in [6.07, 6.45) is 6.09. The number of hydrogen-bond acceptors (Lipinski definition) is 1. The van der Waals surface area contributed by atoms with E-state index in [0.29, 0.717) is 11.7 Å². The lowest BCUT2D eigenvalue weighted by Gasteiger charge is -2.18. The van der Waals surface area contributed by atoms with E-state index in [1.54, 1.807) is 6.07 Å². The summed E-state index contributed by atoms with van der Waals surface area (Å²) in [5.41, 5.74) is 0.624. The van der Waals surface area contributed by atoms with E-state index in [-0.39, 0.29) is 5.82 Å². The van der Waals surface area contributed by atoms with Crippen LogP contribution in [0.15, 0.2) is 22.7 Å². The van der Waals surface area contributed by atoms with Crippen LogP contribution in [0.25, 0.3) is 0 Å². The van der Waals surface area contributed by atoms with E-state index in [0.717, 1.165) is 23.2 Å². The normalized spacial score (nSPS) is 25.4. The van der Waals surface area contributed by atoms with Crippen LogP contribution >= 0.6 is 15.9 Å². The Labute approximate surface area is 111 Å². The van der Waals surface area contributed by atoms with Crippen molar-refractivity contribution in [2.24, 2.45) is 5.92 Å². The summed E-state index contributed by atoms with van der Waals surface area (Å²) in [4.78, 5) is 0. The van der Waals surface area contributed by atoms with Gasteiger partial charge in [0, 0.05) is 10.5 Å². The molecule has 3 heteroatoms. The van der Waals surface area contributed by atoms with E-state index in [1.165, 1.54) is 25.3 Å². The van der Waals surface area contributed by atoms with Gasteiger partial charge in [0.05, 0.1) is 5.69 Å². The van der Waals surface area contributed by atoms with Crippen molar-refractivity contribution >= 4 is 21.6 Å². The molecule has 1 N–H and O–H groups in total. The summed E-state index contributed by atoms with van der Waals surface area (Å²) in [5, 5.41) is 3.35. The summed E-state index contributed by atoms with van der Waals surface area (Å²) >= 11 is 3.38. The molecule has 1 aromatic rings. The molecule has 1 fully saturated rings. The monoisotopic (exact) mass is 299 g/mol. The van der Waals surface area contributed by atoms with E-state index in [9.17, 15) is 4.39 Å². The van der Waals surface area contributed by atoms with E-state index in [4.69, 9.17) is 0 Å². The number of benzene rings is 1. The number of anilines is 1. The summed E-state index contributed by atoms with van der Waals surface area (Å²) in [5.74, 6) is 0.652. The van der Waals surface area contributed by atoms with Gasteiger partial charge < -0.3 is 5.32 Å². The molecule has 17 heavy (non-hydrogen) atoms. The smallest absolute Gasteiger partial charge is 0.146 e. The lowest BCUT2D eigenvalue weighted by molar-refractivity contribution is 0.501. The Morgan fingerprint density at radius 3 is 2.88 bits per heavy atom. The van der Waals surface area contributed by atoms with Crippen LogP contribution < -0.4 is 5.32 Å². The molecule has 0 aromatic heterocycles. The molecule has 2 unspecified atom stereocenters. The molecule has 1 nitrogen and oxygen atoms in total. The van der Waals surface area contributed by atoms with Crippen molar-refractivity contribution in [3.8, 4) is 0 Å². The Bertz CT molecular complexity index is 380. The van der Waals surface area contributed by atoms with Gasteiger partial charge in [0.2, 0.25) is 0 Å². The highest BCUT2D eigenvalue weighted by Gasteiger charge is 2.17. The first-order valence-electron chi connectivity index (χ1n) is 6.37. The first-order valence-corrected chi connectivity index (χ1v) is 7.16. The van der Waals surface area contributed by atoms with Crippen molar-refractivity contribution in [3.63, 3.8) is 0 Å². The van der Waals surface area contributed by atoms with Crippen molar-refractivity contribution in [2.45, 2.75) is 45.1 Å². The zero-order valence-electron chi connectivity index (χ0n) is 10.2. The highest BCUT2D eigenvalue weighted by Crippen LogP contribution is 2.27. The third kappa shape index (κ3) is 3.70. The van der Waals surface area contributed by atoms with Crippen LogP contribution in [0.4, 0.5) is 10.1 Å². The molecule has 0 heterocycles. The number of rotatable bonds is 2. The van der Waals surface area contributed by atoms with Crippen LogP contribution in [0, 0.1) is 11.7 Å². The van der Waals surface area contributed by atoms with Gasteiger partial charge in [-0.05, 0) is 43.4 Å². The molecular weight excluding hydrogens is 281 g/mol. The Kier molecular flexibility index (Phi) is 4.43. The first kappa shape index (κ1) is 12.9. The van der Waals surface area contributed by atoms with E-state index >= 15 is 0 Å². The molecule has 1 aliphatic carbocycles. The molecule has 2 rings (SSSR count). The Balaban J connectivity index is 2.02. The third-order valence-corrected chi connectivity index (χ3v) is 4.04. The average molecular weight is 300 g/mol. The predicted molar refractivity (Wildman–Crippen MR) is 73.8 cm³/mol. The standard InChI is InChI=1S/C14H19BrFN/c1-10-3-2-4-12(7-5-10)17-14-9-11(15)6-8-13(14)16/h6,8-10,12,17H,2-5,7H2,1H3. The maximum absolute atomic E-state index is 13.6. The van der Waals surface area contributed by atoms with Crippen LogP contribution in [0.3, 0.4) is 0 Å². The minimum Gasteiger partial charge on any atom is -0.380 e. The molecule has 1 aromatic carbocycles. The van der Waals surface area contributed by atoms with Crippen LogP contribution in [-0.4, -0.2) is 6.04 Å². The fourth-order valence-corrected chi connectivity index (χ4v) is 2.82. The van der Waals surface area contributed by atoms with Gasteiger partial charge >= 0.3 is 0 Å². The molecule has 1 saturated carbocycles. The van der Waals surface area contributed by atoms with E-state index in [1.807, 2.05) is 6.07 Å². The molecule has 94 valence electrons. The molecule has 0 bridgehead atoms. The third-order valence-electron chi connectivity index (χ3n) is 3.55. The SMILES string of the molecule is CC1CCCC(Nc2cc(Br)ccc2F)CC1. The molecule has 0 spiro atoms. The Morgan fingerprint density at radius 2 is 2.06 bits per heavy atom. The summed E-state index contributed by atoms with van der Waals surface area (Å²) in [7, 11) is 0. The average Bonchev–Trinajstić information content (AvgIpc) is 2.49. The van der Waals surface area contributed by atoms with Gasteiger partial charge in [-0.1, -0.05) is 35.7 Å². The highest BCUT2D eigenvalue weighted by atomic mass is 79.9. The molecule has 0 amide bonds. The van der Waals surface area contributed by atoms with Crippen molar-refractivity contribution in [2.75, 3.05) is 5.32 Å². The fraction of sp³-hybridized carbons (Fsp3) is 0.571. The molecule has 0 aliphatic heterocycles. The minimum atomic E-state index is -0.162. The van der Waals surface area contributed by atoms with Gasteiger partial charge in [-0.15, -0.1) is 0 Å². The number of halogens is 2. The quantitative estimate of drug-likeness (QED) is 0.760. The zero-order chi connectivity index (χ0) is 12.3. The van der Waals surface area contributed by atoms with E-state index < -0.39 is 0 Å².